The van der Waals surface area contributed by atoms with Crippen molar-refractivity contribution in [3.05, 3.63) is 53.8 Å². The third kappa shape index (κ3) is 3.65. The molecule has 2 aromatic rings. The molecule has 7 heteroatoms. The fourth-order valence-electron chi connectivity index (χ4n) is 3.67. The topological polar surface area (TPSA) is 53.1 Å². The van der Waals surface area contributed by atoms with Gasteiger partial charge in [0, 0.05) is 26.2 Å². The molecule has 0 spiro atoms. The molecular formula is C21H22FN3O3. The molecule has 0 aromatic heterocycles. The van der Waals surface area contributed by atoms with E-state index in [-0.39, 0.29) is 30.8 Å². The van der Waals surface area contributed by atoms with Crippen LogP contribution in [-0.2, 0) is 9.59 Å². The Labute approximate surface area is 163 Å². The summed E-state index contributed by atoms with van der Waals surface area (Å²) in [5.74, 6) is -0.167. The molecule has 6 nitrogen and oxygen atoms in total. The normalized spacial score (nSPS) is 16.6. The molecule has 1 saturated heterocycles. The lowest BCUT2D eigenvalue weighted by atomic mass is 10.1. The van der Waals surface area contributed by atoms with Gasteiger partial charge < -0.3 is 19.4 Å². The van der Waals surface area contributed by atoms with Gasteiger partial charge in [-0.05, 0) is 36.8 Å². The van der Waals surface area contributed by atoms with Crippen molar-refractivity contribution in [1.82, 2.24) is 4.90 Å². The van der Waals surface area contributed by atoms with Crippen LogP contribution in [0.3, 0.4) is 0 Å². The zero-order chi connectivity index (χ0) is 19.7. The quantitative estimate of drug-likeness (QED) is 0.601. The van der Waals surface area contributed by atoms with Gasteiger partial charge >= 0.3 is 5.97 Å². The maximum atomic E-state index is 14.0. The van der Waals surface area contributed by atoms with E-state index < -0.39 is 0 Å². The van der Waals surface area contributed by atoms with Gasteiger partial charge in [0.15, 0.2) is 5.75 Å². The lowest BCUT2D eigenvalue weighted by molar-refractivity contribution is -0.133. The highest BCUT2D eigenvalue weighted by Gasteiger charge is 2.29. The summed E-state index contributed by atoms with van der Waals surface area (Å²) < 4.78 is 19.3. The van der Waals surface area contributed by atoms with Gasteiger partial charge in [0.05, 0.1) is 17.9 Å². The number of fused-ring (bicyclic) bond motifs is 1. The third-order valence-corrected chi connectivity index (χ3v) is 5.15. The predicted molar refractivity (Wildman–Crippen MR) is 104 cm³/mol. The van der Waals surface area contributed by atoms with Crippen molar-refractivity contribution in [2.45, 2.75) is 6.92 Å². The number of aryl methyl sites for hydroxylation is 1. The van der Waals surface area contributed by atoms with Crippen molar-refractivity contribution in [1.29, 1.82) is 0 Å². The van der Waals surface area contributed by atoms with E-state index in [0.29, 0.717) is 37.6 Å². The second kappa shape index (κ2) is 7.50. The van der Waals surface area contributed by atoms with E-state index in [2.05, 4.69) is 0 Å². The maximum absolute atomic E-state index is 14.0. The Morgan fingerprint density at radius 1 is 1.07 bits per heavy atom. The summed E-state index contributed by atoms with van der Waals surface area (Å²) in [6.07, 6.45) is 0. The maximum Gasteiger partial charge on any atom is 0.331 e. The van der Waals surface area contributed by atoms with Crippen LogP contribution in [0.2, 0.25) is 0 Å². The molecular weight excluding hydrogens is 361 g/mol. The summed E-state index contributed by atoms with van der Waals surface area (Å²) in [6.45, 7) is 4.28. The number of para-hydroxylation sites is 1. The average Bonchev–Trinajstić information content (AvgIpc) is 2.68. The van der Waals surface area contributed by atoms with Gasteiger partial charge in [-0.2, -0.15) is 0 Å². The van der Waals surface area contributed by atoms with Crippen LogP contribution in [0.5, 0.6) is 5.75 Å². The molecule has 1 fully saturated rings. The Morgan fingerprint density at radius 3 is 2.57 bits per heavy atom. The van der Waals surface area contributed by atoms with E-state index in [1.807, 2.05) is 30.0 Å². The van der Waals surface area contributed by atoms with E-state index in [1.165, 1.54) is 6.07 Å². The molecule has 2 aliphatic rings. The molecule has 4 rings (SSSR count). The van der Waals surface area contributed by atoms with E-state index in [0.717, 1.165) is 11.3 Å². The van der Waals surface area contributed by atoms with Crippen molar-refractivity contribution < 1.29 is 18.7 Å². The van der Waals surface area contributed by atoms with Crippen molar-refractivity contribution in [2.75, 3.05) is 49.1 Å². The fraction of sp³-hybridized carbons (Fsp3) is 0.333. The summed E-state index contributed by atoms with van der Waals surface area (Å²) in [4.78, 5) is 30.2. The molecule has 0 N–H and O–H groups in total. The number of nitrogens with zero attached hydrogens (tertiary/aromatic N) is 3. The Morgan fingerprint density at radius 2 is 1.82 bits per heavy atom. The smallest absolute Gasteiger partial charge is 0.331 e. The Balaban J connectivity index is 1.40. The first-order valence-electron chi connectivity index (χ1n) is 9.35. The molecule has 1 amide bonds. The van der Waals surface area contributed by atoms with Crippen LogP contribution < -0.4 is 14.5 Å². The van der Waals surface area contributed by atoms with Gasteiger partial charge in [-0.3, -0.25) is 4.79 Å². The molecule has 2 aromatic carbocycles. The zero-order valence-electron chi connectivity index (χ0n) is 15.7. The first-order valence-corrected chi connectivity index (χ1v) is 9.35. The Bertz CT molecular complexity index is 910. The van der Waals surface area contributed by atoms with E-state index in [1.54, 1.807) is 28.0 Å². The number of ether oxygens (including phenoxy) is 1. The third-order valence-electron chi connectivity index (χ3n) is 5.15. The van der Waals surface area contributed by atoms with Crippen LogP contribution >= 0.6 is 0 Å². The molecule has 28 heavy (non-hydrogen) atoms. The number of benzene rings is 2. The number of hydrogen-bond acceptors (Lipinski definition) is 5. The second-order valence-electron chi connectivity index (χ2n) is 7.12. The second-order valence-corrected chi connectivity index (χ2v) is 7.12. The number of piperazine rings is 1. The van der Waals surface area contributed by atoms with Gasteiger partial charge in [0.1, 0.15) is 12.4 Å². The molecule has 0 unspecified atom stereocenters. The molecule has 0 bridgehead atoms. The van der Waals surface area contributed by atoms with Crippen LogP contribution in [-0.4, -0.2) is 56.0 Å². The number of halogens is 1. The monoisotopic (exact) mass is 383 g/mol. The van der Waals surface area contributed by atoms with Gasteiger partial charge in [-0.1, -0.05) is 18.2 Å². The summed E-state index contributed by atoms with van der Waals surface area (Å²) >= 11 is 0. The van der Waals surface area contributed by atoms with Gasteiger partial charge in [0.2, 0.25) is 5.91 Å². The molecule has 2 aliphatic heterocycles. The number of rotatable bonds is 3. The standard InChI is InChI=1S/C21H22FN3O3/c1-15-6-7-18-19(12-15)28-21(27)14-25(18)13-20(26)24-10-8-23(9-11-24)17-5-3-2-4-16(17)22/h2-7,12H,8-11,13-14H2,1H3. The van der Waals surface area contributed by atoms with E-state index >= 15 is 0 Å². The summed E-state index contributed by atoms with van der Waals surface area (Å²) in [5.41, 5.74) is 2.31. The molecule has 0 atom stereocenters. The molecule has 2 heterocycles. The molecule has 146 valence electrons. The van der Waals surface area contributed by atoms with E-state index in [9.17, 15) is 14.0 Å². The van der Waals surface area contributed by atoms with Crippen LogP contribution in [0.25, 0.3) is 0 Å². The highest BCUT2D eigenvalue weighted by atomic mass is 19.1. The van der Waals surface area contributed by atoms with Crippen molar-refractivity contribution >= 4 is 23.3 Å². The van der Waals surface area contributed by atoms with Crippen LogP contribution in [0.1, 0.15) is 5.56 Å². The van der Waals surface area contributed by atoms with Crippen LogP contribution in [0.4, 0.5) is 15.8 Å². The van der Waals surface area contributed by atoms with Crippen LogP contribution in [0.15, 0.2) is 42.5 Å². The Hall–Kier alpha value is -3.09. The number of amides is 1. The minimum Gasteiger partial charge on any atom is -0.423 e. The summed E-state index contributed by atoms with van der Waals surface area (Å²) in [7, 11) is 0. The molecule has 0 radical (unpaired) electrons. The lowest BCUT2D eigenvalue weighted by Gasteiger charge is -2.37. The SMILES string of the molecule is Cc1ccc2c(c1)OC(=O)CN2CC(=O)N1CCN(c2ccccc2F)CC1. The fourth-order valence-corrected chi connectivity index (χ4v) is 3.67. The molecule has 0 saturated carbocycles. The minimum atomic E-state index is -0.365. The number of anilines is 2. The van der Waals surface area contributed by atoms with Crippen molar-refractivity contribution in [3.63, 3.8) is 0 Å². The highest BCUT2D eigenvalue weighted by Crippen LogP contribution is 2.32. The number of esters is 1. The minimum absolute atomic E-state index is 0.0468. The van der Waals surface area contributed by atoms with Crippen molar-refractivity contribution in [2.24, 2.45) is 0 Å². The number of carbonyl (C=O) groups excluding carboxylic acids is 2. The van der Waals surface area contributed by atoms with Gasteiger partial charge in [-0.25, -0.2) is 9.18 Å². The number of carbonyl (C=O) groups is 2. The number of hydrogen-bond donors (Lipinski definition) is 0. The first-order chi connectivity index (χ1) is 13.5. The van der Waals surface area contributed by atoms with Crippen LogP contribution in [0, 0.1) is 12.7 Å². The lowest BCUT2D eigenvalue weighted by Crippen LogP contribution is -2.52. The zero-order valence-corrected chi connectivity index (χ0v) is 15.7. The molecule has 0 aliphatic carbocycles. The van der Waals surface area contributed by atoms with Crippen molar-refractivity contribution in [3.8, 4) is 5.75 Å². The highest BCUT2D eigenvalue weighted by molar-refractivity contribution is 5.89. The average molecular weight is 383 g/mol. The predicted octanol–water partition coefficient (Wildman–Crippen LogP) is 2.21. The Kier molecular flexibility index (Phi) is 4.90. The first kappa shape index (κ1) is 18.3. The van der Waals surface area contributed by atoms with Gasteiger partial charge in [0.25, 0.3) is 0 Å². The van der Waals surface area contributed by atoms with Gasteiger partial charge in [-0.15, -0.1) is 0 Å². The van der Waals surface area contributed by atoms with E-state index in [4.69, 9.17) is 4.74 Å². The summed E-state index contributed by atoms with van der Waals surface area (Å²) in [6, 6.07) is 12.3. The summed E-state index contributed by atoms with van der Waals surface area (Å²) in [5, 5.41) is 0. The largest absolute Gasteiger partial charge is 0.423 e.